The molecule has 2 aliphatic rings. The first-order valence-electron chi connectivity index (χ1n) is 9.48. The second-order valence-corrected chi connectivity index (χ2v) is 9.10. The van der Waals surface area contributed by atoms with Crippen LogP contribution in [0.3, 0.4) is 0 Å². The Bertz CT molecular complexity index is 1080. The van der Waals surface area contributed by atoms with Gasteiger partial charge in [0.05, 0.1) is 10.5 Å². The maximum atomic E-state index is 12.6. The van der Waals surface area contributed by atoms with Gasteiger partial charge in [-0.1, -0.05) is 30.3 Å². The summed E-state index contributed by atoms with van der Waals surface area (Å²) in [6, 6.07) is 9.17. The quantitative estimate of drug-likeness (QED) is 0.691. The first-order chi connectivity index (χ1) is 14.4. The van der Waals surface area contributed by atoms with Gasteiger partial charge in [-0.2, -0.15) is 0 Å². The zero-order chi connectivity index (χ0) is 21.3. The molecule has 1 aliphatic heterocycles. The summed E-state index contributed by atoms with van der Waals surface area (Å²) in [7, 11) is 0. The third-order valence-corrected chi connectivity index (χ3v) is 7.06. The van der Waals surface area contributed by atoms with E-state index in [4.69, 9.17) is 5.73 Å². The Morgan fingerprint density at radius 2 is 1.87 bits per heavy atom. The molecule has 2 heterocycles. The number of aryl methyl sites for hydroxylation is 1. The fourth-order valence-electron chi connectivity index (χ4n) is 3.56. The summed E-state index contributed by atoms with van der Waals surface area (Å²) in [5.74, 6) is -1.63. The smallest absolute Gasteiger partial charge is 0.294 e. The molecule has 4 rings (SSSR count). The molecule has 7 nitrogen and oxygen atoms in total. The SMILES string of the molecule is NC(=O)c1c(NC(=O)CN2C(=O)S/C(=C/c3ccccc3)C2=O)sc2c1CCCC2. The van der Waals surface area contributed by atoms with Gasteiger partial charge in [0, 0.05) is 4.88 Å². The van der Waals surface area contributed by atoms with E-state index < -0.39 is 29.5 Å². The standard InChI is InChI=1S/C21H19N3O4S2/c22-18(26)17-13-8-4-5-9-14(13)29-19(17)23-16(25)11-24-20(27)15(30-21(24)28)10-12-6-2-1-3-7-12/h1-3,6-7,10H,4-5,8-9,11H2,(H2,22,26)(H,23,25)/b15-10+. The molecule has 30 heavy (non-hydrogen) atoms. The zero-order valence-electron chi connectivity index (χ0n) is 16.0. The van der Waals surface area contributed by atoms with Crippen molar-refractivity contribution in [3.8, 4) is 0 Å². The van der Waals surface area contributed by atoms with Crippen LogP contribution in [-0.2, 0) is 22.4 Å². The molecule has 1 aromatic heterocycles. The second kappa shape index (κ2) is 8.45. The highest BCUT2D eigenvalue weighted by molar-refractivity contribution is 8.18. The molecule has 1 saturated heterocycles. The van der Waals surface area contributed by atoms with Gasteiger partial charge in [0.2, 0.25) is 5.91 Å². The number of carbonyl (C=O) groups excluding carboxylic acids is 4. The summed E-state index contributed by atoms with van der Waals surface area (Å²) in [5.41, 5.74) is 7.60. The zero-order valence-corrected chi connectivity index (χ0v) is 17.6. The van der Waals surface area contributed by atoms with Gasteiger partial charge in [-0.05, 0) is 54.6 Å². The molecule has 4 amide bonds. The minimum absolute atomic E-state index is 0.267. The molecule has 0 radical (unpaired) electrons. The van der Waals surface area contributed by atoms with E-state index in [1.807, 2.05) is 30.3 Å². The first-order valence-corrected chi connectivity index (χ1v) is 11.1. The summed E-state index contributed by atoms with van der Waals surface area (Å²) in [4.78, 5) is 51.7. The summed E-state index contributed by atoms with van der Waals surface area (Å²) in [6.07, 6.45) is 5.24. The molecule has 0 bridgehead atoms. The van der Waals surface area contributed by atoms with Crippen molar-refractivity contribution in [3.05, 3.63) is 56.8 Å². The summed E-state index contributed by atoms with van der Waals surface area (Å²) in [6.45, 7) is -0.419. The molecule has 0 saturated carbocycles. The van der Waals surface area contributed by atoms with E-state index in [9.17, 15) is 19.2 Å². The minimum Gasteiger partial charge on any atom is -0.365 e. The van der Waals surface area contributed by atoms with Gasteiger partial charge < -0.3 is 11.1 Å². The summed E-state index contributed by atoms with van der Waals surface area (Å²) < 4.78 is 0. The van der Waals surface area contributed by atoms with E-state index in [1.165, 1.54) is 11.3 Å². The van der Waals surface area contributed by atoms with Crippen molar-refractivity contribution in [2.24, 2.45) is 5.73 Å². The maximum Gasteiger partial charge on any atom is 0.294 e. The predicted octanol–water partition coefficient (Wildman–Crippen LogP) is 3.40. The van der Waals surface area contributed by atoms with Crippen molar-refractivity contribution < 1.29 is 19.2 Å². The van der Waals surface area contributed by atoms with Crippen molar-refractivity contribution in [1.29, 1.82) is 0 Å². The van der Waals surface area contributed by atoms with Crippen LogP contribution in [0.4, 0.5) is 9.80 Å². The molecule has 0 unspecified atom stereocenters. The Morgan fingerprint density at radius 1 is 1.13 bits per heavy atom. The molecule has 9 heteroatoms. The van der Waals surface area contributed by atoms with Gasteiger partial charge in [0.1, 0.15) is 11.5 Å². The number of hydrogen-bond acceptors (Lipinski definition) is 6. The van der Waals surface area contributed by atoms with Crippen LogP contribution in [0, 0.1) is 0 Å². The van der Waals surface area contributed by atoms with E-state index in [0.717, 1.165) is 58.3 Å². The number of primary amides is 1. The number of nitrogens with zero attached hydrogens (tertiary/aromatic N) is 1. The van der Waals surface area contributed by atoms with Crippen molar-refractivity contribution in [1.82, 2.24) is 4.90 Å². The molecule has 3 N–H and O–H groups in total. The molecule has 1 aromatic carbocycles. The molecule has 0 spiro atoms. The van der Waals surface area contributed by atoms with Gasteiger partial charge in [-0.15, -0.1) is 11.3 Å². The number of fused-ring (bicyclic) bond motifs is 1. The Balaban J connectivity index is 1.49. The summed E-state index contributed by atoms with van der Waals surface area (Å²) >= 11 is 2.14. The van der Waals surface area contributed by atoms with Crippen LogP contribution in [-0.4, -0.2) is 34.4 Å². The number of carbonyl (C=O) groups is 4. The van der Waals surface area contributed by atoms with Crippen LogP contribution in [0.15, 0.2) is 35.2 Å². The highest BCUT2D eigenvalue weighted by atomic mass is 32.2. The lowest BCUT2D eigenvalue weighted by Gasteiger charge is -2.13. The average Bonchev–Trinajstić information content (AvgIpc) is 3.21. The lowest BCUT2D eigenvalue weighted by Crippen LogP contribution is -2.36. The number of thiophene rings is 1. The monoisotopic (exact) mass is 441 g/mol. The molecular weight excluding hydrogens is 422 g/mol. The molecule has 1 fully saturated rings. The van der Waals surface area contributed by atoms with E-state index in [1.54, 1.807) is 6.08 Å². The van der Waals surface area contributed by atoms with Gasteiger partial charge in [0.15, 0.2) is 0 Å². The van der Waals surface area contributed by atoms with Crippen LogP contribution in [0.5, 0.6) is 0 Å². The fraction of sp³-hybridized carbons (Fsp3) is 0.238. The highest BCUT2D eigenvalue weighted by Gasteiger charge is 2.36. The Morgan fingerprint density at radius 3 is 2.60 bits per heavy atom. The van der Waals surface area contributed by atoms with E-state index in [-0.39, 0.29) is 4.91 Å². The van der Waals surface area contributed by atoms with Gasteiger partial charge >= 0.3 is 0 Å². The van der Waals surface area contributed by atoms with E-state index >= 15 is 0 Å². The maximum absolute atomic E-state index is 12.6. The van der Waals surface area contributed by atoms with Crippen LogP contribution in [0.1, 0.15) is 39.2 Å². The number of benzene rings is 1. The number of nitrogens with two attached hydrogens (primary N) is 1. The van der Waals surface area contributed by atoms with Crippen LogP contribution in [0.25, 0.3) is 6.08 Å². The van der Waals surface area contributed by atoms with Gasteiger partial charge in [-0.3, -0.25) is 24.1 Å². The molecule has 1 aliphatic carbocycles. The lowest BCUT2D eigenvalue weighted by molar-refractivity contribution is -0.127. The molecule has 0 atom stereocenters. The number of imide groups is 1. The predicted molar refractivity (Wildman–Crippen MR) is 117 cm³/mol. The Hall–Kier alpha value is -2.91. The third kappa shape index (κ3) is 4.03. The van der Waals surface area contributed by atoms with Crippen molar-refractivity contribution >= 4 is 57.1 Å². The van der Waals surface area contributed by atoms with Crippen molar-refractivity contribution in [3.63, 3.8) is 0 Å². The molecule has 154 valence electrons. The van der Waals surface area contributed by atoms with E-state index in [0.29, 0.717) is 10.6 Å². The van der Waals surface area contributed by atoms with Crippen LogP contribution in [0.2, 0.25) is 0 Å². The number of hydrogen-bond donors (Lipinski definition) is 2. The number of rotatable bonds is 5. The topological polar surface area (TPSA) is 110 Å². The normalized spacial score (nSPS) is 17.3. The van der Waals surface area contributed by atoms with Gasteiger partial charge in [0.25, 0.3) is 17.1 Å². The largest absolute Gasteiger partial charge is 0.365 e. The Labute approximate surface area is 181 Å². The van der Waals surface area contributed by atoms with Crippen LogP contribution < -0.4 is 11.1 Å². The average molecular weight is 442 g/mol. The fourth-order valence-corrected chi connectivity index (χ4v) is 5.71. The number of nitrogens with one attached hydrogen (secondary N) is 1. The van der Waals surface area contributed by atoms with Gasteiger partial charge in [-0.25, -0.2) is 0 Å². The third-order valence-electron chi connectivity index (χ3n) is 4.94. The molecular formula is C21H19N3O4S2. The van der Waals surface area contributed by atoms with E-state index in [2.05, 4.69) is 5.32 Å². The highest BCUT2D eigenvalue weighted by Crippen LogP contribution is 2.38. The first kappa shape index (κ1) is 20.4. The summed E-state index contributed by atoms with van der Waals surface area (Å²) in [5, 5.41) is 2.58. The second-order valence-electron chi connectivity index (χ2n) is 7.01. The molecule has 2 aromatic rings. The van der Waals surface area contributed by atoms with Crippen LogP contribution >= 0.6 is 23.1 Å². The minimum atomic E-state index is -0.582. The Kier molecular flexibility index (Phi) is 5.74. The number of thioether (sulfide) groups is 1. The lowest BCUT2D eigenvalue weighted by atomic mass is 9.95. The van der Waals surface area contributed by atoms with Crippen molar-refractivity contribution in [2.75, 3.05) is 11.9 Å². The number of anilines is 1. The number of amides is 4. The van der Waals surface area contributed by atoms with Crippen molar-refractivity contribution in [2.45, 2.75) is 25.7 Å².